The average Bonchev–Trinajstić information content (AvgIpc) is 3.28. The molecule has 0 bridgehead atoms. The fraction of sp³-hybridized carbons (Fsp3) is 0.103. The van der Waals surface area contributed by atoms with E-state index in [2.05, 4.69) is 11.6 Å². The number of ether oxygens (including phenoxy) is 2. The average molecular weight is 549 g/mol. The fourth-order valence-electron chi connectivity index (χ4n) is 4.30. The second-order valence-corrected chi connectivity index (χ2v) is 9.59. The highest BCUT2D eigenvalue weighted by molar-refractivity contribution is 7.10. The number of aryl methyl sites for hydroxylation is 1. The molecule has 198 valence electrons. The van der Waals surface area contributed by atoms with E-state index in [0.717, 1.165) is 23.5 Å². The van der Waals surface area contributed by atoms with Crippen molar-refractivity contribution in [1.29, 1.82) is 0 Å². The summed E-state index contributed by atoms with van der Waals surface area (Å²) >= 11 is 0.849. The van der Waals surface area contributed by atoms with E-state index in [-0.39, 0.29) is 35.8 Å². The summed E-state index contributed by atoms with van der Waals surface area (Å²) in [7, 11) is 1.72. The van der Waals surface area contributed by atoms with Gasteiger partial charge in [-0.25, -0.2) is 8.78 Å². The second-order valence-electron chi connectivity index (χ2n) is 8.61. The summed E-state index contributed by atoms with van der Waals surface area (Å²) in [5.74, 6) is -1.81. The van der Waals surface area contributed by atoms with Gasteiger partial charge in [-0.2, -0.15) is 0 Å². The zero-order valence-electron chi connectivity index (χ0n) is 20.7. The molecule has 0 saturated heterocycles. The van der Waals surface area contributed by atoms with Crippen LogP contribution in [0.2, 0.25) is 0 Å². The van der Waals surface area contributed by atoms with Gasteiger partial charge in [0.05, 0.1) is 16.1 Å². The number of hydrogen-bond donors (Lipinski definition) is 2. The summed E-state index contributed by atoms with van der Waals surface area (Å²) in [4.78, 5) is 27.2. The summed E-state index contributed by atoms with van der Waals surface area (Å²) in [6.45, 7) is 4.01. The molecular formula is C29H22F2N2O5S. The highest BCUT2D eigenvalue weighted by Gasteiger charge is 2.19. The van der Waals surface area contributed by atoms with Crippen molar-refractivity contribution >= 4 is 27.8 Å². The summed E-state index contributed by atoms with van der Waals surface area (Å²) < 4.78 is 41.2. The minimum absolute atomic E-state index is 0.00854. The first-order valence-electron chi connectivity index (χ1n) is 11.8. The molecule has 3 aromatic carbocycles. The number of hydrogen-bond acceptors (Lipinski definition) is 6. The van der Waals surface area contributed by atoms with Crippen LogP contribution in [-0.4, -0.2) is 27.9 Å². The molecule has 0 fully saturated rings. The van der Waals surface area contributed by atoms with Crippen molar-refractivity contribution in [3.63, 3.8) is 0 Å². The lowest BCUT2D eigenvalue weighted by atomic mass is 10.1. The number of H-pyrrole nitrogens is 1. The zero-order chi connectivity index (χ0) is 27.7. The number of aromatic amines is 1. The minimum atomic E-state index is -1.04. The molecule has 2 aromatic heterocycles. The van der Waals surface area contributed by atoms with Gasteiger partial charge in [0.2, 0.25) is 11.3 Å². The third-order valence-electron chi connectivity index (χ3n) is 6.15. The smallest absolute Gasteiger partial charge is 0.307 e. The van der Waals surface area contributed by atoms with Crippen LogP contribution in [-0.2, 0) is 7.05 Å². The van der Waals surface area contributed by atoms with Crippen LogP contribution in [0, 0.1) is 11.6 Å². The number of nitrogens with zero attached hydrogens (tertiary/aromatic N) is 1. The van der Waals surface area contributed by atoms with E-state index >= 15 is 0 Å². The number of rotatable bonds is 8. The minimum Gasteiger partial charge on any atom is -0.493 e. The number of aromatic nitrogens is 2. The van der Waals surface area contributed by atoms with Crippen LogP contribution in [0.4, 0.5) is 8.78 Å². The van der Waals surface area contributed by atoms with Gasteiger partial charge in [-0.1, -0.05) is 42.2 Å². The topological polar surface area (TPSA) is 93.5 Å². The third-order valence-corrected chi connectivity index (χ3v) is 7.08. The quantitative estimate of drug-likeness (QED) is 0.251. The van der Waals surface area contributed by atoms with Crippen molar-refractivity contribution in [3.05, 3.63) is 115 Å². The maximum atomic E-state index is 14.1. The van der Waals surface area contributed by atoms with Crippen molar-refractivity contribution in [2.45, 2.75) is 0 Å². The van der Waals surface area contributed by atoms with Crippen molar-refractivity contribution in [1.82, 2.24) is 9.55 Å². The number of halogens is 2. The summed E-state index contributed by atoms with van der Waals surface area (Å²) in [6.07, 6.45) is 0. The molecule has 0 unspecified atom stereocenters. The SMILES string of the molecule is C=C(c1cccc(OCCOc2c(-c3ccc(F)c(F)c3)n(C)c3ccccc3c2=O)c1)c1sc(=O)[nH]c1O. The van der Waals surface area contributed by atoms with Gasteiger partial charge in [0.15, 0.2) is 17.4 Å². The van der Waals surface area contributed by atoms with Crippen LogP contribution < -0.4 is 19.8 Å². The lowest BCUT2D eigenvalue weighted by Gasteiger charge is -2.18. The van der Waals surface area contributed by atoms with E-state index in [9.17, 15) is 23.5 Å². The zero-order valence-corrected chi connectivity index (χ0v) is 21.5. The first-order chi connectivity index (χ1) is 18.7. The Labute approximate surface area is 224 Å². The molecule has 0 radical (unpaired) electrons. The molecule has 0 amide bonds. The maximum Gasteiger partial charge on any atom is 0.307 e. The second kappa shape index (κ2) is 10.6. The van der Waals surface area contributed by atoms with Gasteiger partial charge in [0, 0.05) is 18.0 Å². The van der Waals surface area contributed by atoms with Gasteiger partial charge in [-0.3, -0.25) is 14.6 Å². The lowest BCUT2D eigenvalue weighted by molar-refractivity contribution is 0.216. The number of aromatic hydroxyl groups is 1. The molecular weight excluding hydrogens is 526 g/mol. The Morgan fingerprint density at radius 3 is 2.51 bits per heavy atom. The van der Waals surface area contributed by atoms with Crippen molar-refractivity contribution in [2.24, 2.45) is 7.05 Å². The molecule has 2 N–H and O–H groups in total. The molecule has 0 aliphatic rings. The van der Waals surface area contributed by atoms with Crippen LogP contribution in [0.3, 0.4) is 0 Å². The molecule has 5 aromatic rings. The first-order valence-corrected chi connectivity index (χ1v) is 12.6. The van der Waals surface area contributed by atoms with E-state index in [1.165, 1.54) is 6.07 Å². The Bertz CT molecular complexity index is 1840. The normalized spacial score (nSPS) is 11.1. The summed E-state index contributed by atoms with van der Waals surface area (Å²) in [5.41, 5.74) is 1.92. The number of nitrogens with one attached hydrogen (secondary N) is 1. The number of fused-ring (bicyclic) bond motifs is 1. The van der Waals surface area contributed by atoms with Crippen molar-refractivity contribution in [3.8, 4) is 28.6 Å². The Hall–Kier alpha value is -4.70. The van der Waals surface area contributed by atoms with Crippen molar-refractivity contribution < 1.29 is 23.4 Å². The molecule has 0 saturated carbocycles. The molecule has 10 heteroatoms. The molecule has 0 spiro atoms. The molecule has 0 atom stereocenters. The number of pyridine rings is 1. The molecule has 7 nitrogen and oxygen atoms in total. The highest BCUT2D eigenvalue weighted by atomic mass is 32.1. The standard InChI is InChI=1S/C29H22F2N2O5S/c1-16(27-28(35)32-29(36)39-27)17-6-5-7-19(14-17)37-12-13-38-26-24(18-10-11-21(30)22(31)15-18)33(2)23-9-4-3-8-20(23)25(26)34/h3-11,14-15,35H,1,12-13H2,2H3,(H,32,36). The molecule has 2 heterocycles. The van der Waals surface area contributed by atoms with E-state index in [0.29, 0.717) is 38.4 Å². The predicted octanol–water partition coefficient (Wildman–Crippen LogP) is 5.46. The van der Waals surface area contributed by atoms with Crippen LogP contribution >= 0.6 is 11.3 Å². The molecule has 0 aliphatic heterocycles. The predicted molar refractivity (Wildman–Crippen MR) is 147 cm³/mol. The largest absolute Gasteiger partial charge is 0.493 e. The Kier molecular flexibility index (Phi) is 7.03. The van der Waals surface area contributed by atoms with Crippen LogP contribution in [0.15, 0.2) is 82.9 Å². The Morgan fingerprint density at radius 1 is 1.00 bits per heavy atom. The van der Waals surface area contributed by atoms with Crippen molar-refractivity contribution in [2.75, 3.05) is 13.2 Å². The van der Waals surface area contributed by atoms with Crippen LogP contribution in [0.5, 0.6) is 17.4 Å². The number of para-hydroxylation sites is 1. The lowest BCUT2D eigenvalue weighted by Crippen LogP contribution is -2.18. The van der Waals surface area contributed by atoms with Gasteiger partial charge < -0.3 is 19.1 Å². The number of benzene rings is 3. The van der Waals surface area contributed by atoms with Crippen LogP contribution in [0.1, 0.15) is 10.4 Å². The van der Waals surface area contributed by atoms with E-state index < -0.39 is 16.5 Å². The molecule has 39 heavy (non-hydrogen) atoms. The fourth-order valence-corrected chi connectivity index (χ4v) is 5.02. The molecule has 5 rings (SSSR count). The number of thiazole rings is 1. The monoisotopic (exact) mass is 548 g/mol. The van der Waals surface area contributed by atoms with Gasteiger partial charge >= 0.3 is 4.87 Å². The van der Waals surface area contributed by atoms with Crippen LogP contribution in [0.25, 0.3) is 27.7 Å². The van der Waals surface area contributed by atoms with Gasteiger partial charge in [0.1, 0.15) is 19.0 Å². The van der Waals surface area contributed by atoms with Gasteiger partial charge in [-0.05, 0) is 53.6 Å². The first kappa shape index (κ1) is 25.9. The highest BCUT2D eigenvalue weighted by Crippen LogP contribution is 2.32. The van der Waals surface area contributed by atoms with Gasteiger partial charge in [0.25, 0.3) is 0 Å². The van der Waals surface area contributed by atoms with E-state index in [1.54, 1.807) is 60.1 Å². The maximum absolute atomic E-state index is 14.1. The third kappa shape index (κ3) is 5.06. The summed E-state index contributed by atoms with van der Waals surface area (Å²) in [5, 5.41) is 10.4. The summed E-state index contributed by atoms with van der Waals surface area (Å²) in [6, 6.07) is 17.3. The Morgan fingerprint density at radius 2 is 1.77 bits per heavy atom. The van der Waals surface area contributed by atoms with E-state index in [4.69, 9.17) is 9.47 Å². The van der Waals surface area contributed by atoms with E-state index in [1.807, 2.05) is 0 Å². The molecule has 0 aliphatic carbocycles. The Balaban J connectivity index is 1.39. The van der Waals surface area contributed by atoms with Gasteiger partial charge in [-0.15, -0.1) is 0 Å².